The Hall–Kier alpha value is -3.65. The minimum atomic E-state index is -0.398. The van der Waals surface area contributed by atoms with Crippen molar-refractivity contribution in [3.8, 4) is 5.75 Å². The molecule has 0 saturated heterocycles. The Kier molecular flexibility index (Phi) is 8.84. The third-order valence-corrected chi connectivity index (χ3v) is 6.52. The van der Waals surface area contributed by atoms with Crippen molar-refractivity contribution >= 4 is 11.8 Å². The number of halogens is 1. The lowest BCUT2D eigenvalue weighted by Crippen LogP contribution is -2.41. The van der Waals surface area contributed by atoms with E-state index in [1.165, 1.54) is 12.1 Å². The first kappa shape index (κ1) is 27.4. The van der Waals surface area contributed by atoms with Gasteiger partial charge in [-0.1, -0.05) is 32.0 Å². The van der Waals surface area contributed by atoms with E-state index >= 15 is 0 Å². The van der Waals surface area contributed by atoms with E-state index in [-0.39, 0.29) is 35.9 Å². The van der Waals surface area contributed by atoms with Gasteiger partial charge >= 0.3 is 0 Å². The predicted molar refractivity (Wildman–Crippen MR) is 143 cm³/mol. The van der Waals surface area contributed by atoms with Crippen molar-refractivity contribution in [2.24, 2.45) is 5.92 Å². The molecule has 8 heteroatoms. The number of rotatable bonds is 10. The second kappa shape index (κ2) is 12.3. The molecule has 1 N–H and O–H groups in total. The Morgan fingerprint density at radius 2 is 1.97 bits per heavy atom. The SMILES string of the molecule is CC(C)CC(=O)N1CCc2ccc(OCc3ccc(C(=O)NCCN(C)C)o3)cc2[C@H]1c1cccc(F)c1. The quantitative estimate of drug-likeness (QED) is 0.415. The zero-order valence-corrected chi connectivity index (χ0v) is 22.5. The molecule has 0 saturated carbocycles. The Morgan fingerprint density at radius 1 is 1.16 bits per heavy atom. The van der Waals surface area contributed by atoms with Gasteiger partial charge in [-0.25, -0.2) is 4.39 Å². The van der Waals surface area contributed by atoms with Crippen molar-refractivity contribution in [1.82, 2.24) is 15.1 Å². The van der Waals surface area contributed by atoms with Gasteiger partial charge < -0.3 is 24.3 Å². The van der Waals surface area contributed by atoms with Crippen LogP contribution in [0.2, 0.25) is 0 Å². The van der Waals surface area contributed by atoms with Gasteiger partial charge in [0, 0.05) is 26.1 Å². The van der Waals surface area contributed by atoms with E-state index in [1.807, 2.05) is 62.0 Å². The van der Waals surface area contributed by atoms with Crippen LogP contribution in [-0.4, -0.2) is 55.3 Å². The number of hydrogen-bond acceptors (Lipinski definition) is 5. The lowest BCUT2D eigenvalue weighted by atomic mass is 9.87. The maximum Gasteiger partial charge on any atom is 0.287 e. The molecule has 2 heterocycles. The van der Waals surface area contributed by atoms with Crippen molar-refractivity contribution in [3.05, 3.63) is 88.6 Å². The molecule has 1 aliphatic heterocycles. The summed E-state index contributed by atoms with van der Waals surface area (Å²) in [6.45, 7) is 6.02. The van der Waals surface area contributed by atoms with Crippen LogP contribution in [0, 0.1) is 11.7 Å². The maximum absolute atomic E-state index is 14.2. The van der Waals surface area contributed by atoms with Crippen LogP contribution in [0.4, 0.5) is 4.39 Å². The van der Waals surface area contributed by atoms with Gasteiger partial charge in [-0.3, -0.25) is 9.59 Å². The molecule has 2 amide bonds. The van der Waals surface area contributed by atoms with Crippen LogP contribution in [0.1, 0.15) is 59.3 Å². The number of nitrogens with one attached hydrogen (secondary N) is 1. The molecule has 4 rings (SSSR count). The fourth-order valence-corrected chi connectivity index (χ4v) is 4.67. The number of ether oxygens (including phenoxy) is 1. The Labute approximate surface area is 223 Å². The van der Waals surface area contributed by atoms with Gasteiger partial charge in [0.1, 0.15) is 23.9 Å². The van der Waals surface area contributed by atoms with E-state index in [9.17, 15) is 14.0 Å². The first-order valence-corrected chi connectivity index (χ1v) is 13.0. The van der Waals surface area contributed by atoms with Crippen molar-refractivity contribution < 1.29 is 23.1 Å². The summed E-state index contributed by atoms with van der Waals surface area (Å²) < 4.78 is 25.9. The summed E-state index contributed by atoms with van der Waals surface area (Å²) in [5, 5.41) is 2.83. The minimum absolute atomic E-state index is 0.0539. The van der Waals surface area contributed by atoms with Gasteiger partial charge in [0.2, 0.25) is 5.91 Å². The fraction of sp³-hybridized carbons (Fsp3) is 0.400. The van der Waals surface area contributed by atoms with E-state index in [2.05, 4.69) is 5.32 Å². The second-order valence-electron chi connectivity index (χ2n) is 10.4. The highest BCUT2D eigenvalue weighted by Crippen LogP contribution is 2.38. The second-order valence-corrected chi connectivity index (χ2v) is 10.4. The Balaban J connectivity index is 1.52. The third kappa shape index (κ3) is 6.81. The summed E-state index contributed by atoms with van der Waals surface area (Å²) in [5.41, 5.74) is 2.77. The summed E-state index contributed by atoms with van der Waals surface area (Å²) in [4.78, 5) is 29.3. The molecule has 2 aromatic carbocycles. The predicted octanol–water partition coefficient (Wildman–Crippen LogP) is 4.81. The van der Waals surface area contributed by atoms with E-state index in [1.54, 1.807) is 18.2 Å². The van der Waals surface area contributed by atoms with Gasteiger partial charge in [0.05, 0.1) is 6.04 Å². The molecule has 0 fully saturated rings. The molecule has 0 radical (unpaired) electrons. The lowest BCUT2D eigenvalue weighted by Gasteiger charge is -2.38. The molecule has 202 valence electrons. The first-order chi connectivity index (χ1) is 18.2. The number of furan rings is 1. The smallest absolute Gasteiger partial charge is 0.287 e. The largest absolute Gasteiger partial charge is 0.486 e. The maximum atomic E-state index is 14.2. The summed E-state index contributed by atoms with van der Waals surface area (Å²) in [7, 11) is 3.88. The number of benzene rings is 2. The Bertz CT molecular complexity index is 1270. The number of carbonyl (C=O) groups is 2. The summed E-state index contributed by atoms with van der Waals surface area (Å²) in [5.74, 6) is 1.04. The molecular weight excluding hydrogens is 485 g/mol. The van der Waals surface area contributed by atoms with Gasteiger partial charge in [-0.05, 0) is 79.5 Å². The fourth-order valence-electron chi connectivity index (χ4n) is 4.67. The molecule has 1 aliphatic rings. The van der Waals surface area contributed by atoms with Gasteiger partial charge in [-0.2, -0.15) is 0 Å². The first-order valence-electron chi connectivity index (χ1n) is 13.0. The standard InChI is InChI=1S/C30H36FN3O4/c1-20(2)16-28(35)34-14-12-21-8-9-24(18-26(21)29(34)22-6-5-7-23(31)17-22)37-19-25-10-11-27(38-25)30(36)32-13-15-33(3)4/h5-11,17-18,20,29H,12-16,19H2,1-4H3,(H,32,36)/t29-/m1/s1. The lowest BCUT2D eigenvalue weighted by molar-refractivity contribution is -0.134. The highest BCUT2D eigenvalue weighted by molar-refractivity contribution is 5.91. The van der Waals surface area contributed by atoms with E-state index in [0.29, 0.717) is 31.0 Å². The van der Waals surface area contributed by atoms with Crippen LogP contribution in [0.3, 0.4) is 0 Å². The number of nitrogens with zero attached hydrogens (tertiary/aromatic N) is 2. The normalized spacial score (nSPS) is 15.0. The van der Waals surface area contributed by atoms with Gasteiger partial charge in [0.25, 0.3) is 5.91 Å². The van der Waals surface area contributed by atoms with Crippen molar-refractivity contribution in [1.29, 1.82) is 0 Å². The van der Waals surface area contributed by atoms with Crippen molar-refractivity contribution in [2.75, 3.05) is 33.7 Å². The molecule has 0 unspecified atom stereocenters. The van der Waals surface area contributed by atoms with E-state index in [4.69, 9.17) is 9.15 Å². The summed E-state index contributed by atoms with van der Waals surface area (Å²) in [6, 6.07) is 15.2. The summed E-state index contributed by atoms with van der Waals surface area (Å²) in [6.07, 6.45) is 1.15. The average Bonchev–Trinajstić information content (AvgIpc) is 3.35. The monoisotopic (exact) mass is 521 g/mol. The number of carbonyl (C=O) groups excluding carboxylic acids is 2. The summed E-state index contributed by atoms with van der Waals surface area (Å²) >= 11 is 0. The average molecular weight is 522 g/mol. The van der Waals surface area contributed by atoms with Crippen LogP contribution in [0.25, 0.3) is 0 Å². The molecule has 0 bridgehead atoms. The molecule has 1 aromatic heterocycles. The number of hydrogen-bond donors (Lipinski definition) is 1. The molecular formula is C30H36FN3O4. The van der Waals surface area contributed by atoms with Gasteiger partial charge in [-0.15, -0.1) is 0 Å². The third-order valence-electron chi connectivity index (χ3n) is 6.52. The Morgan fingerprint density at radius 3 is 2.71 bits per heavy atom. The molecule has 38 heavy (non-hydrogen) atoms. The zero-order valence-electron chi connectivity index (χ0n) is 22.5. The molecule has 0 spiro atoms. The van der Waals surface area contributed by atoms with Crippen LogP contribution in [0.15, 0.2) is 59.0 Å². The van der Waals surface area contributed by atoms with Crippen LogP contribution in [0.5, 0.6) is 5.75 Å². The van der Waals surface area contributed by atoms with Crippen molar-refractivity contribution in [2.45, 2.75) is 39.3 Å². The molecule has 7 nitrogen and oxygen atoms in total. The minimum Gasteiger partial charge on any atom is -0.486 e. The number of amides is 2. The number of likely N-dealkylation sites (N-methyl/N-ethyl adjacent to an activating group) is 1. The van der Waals surface area contributed by atoms with Crippen LogP contribution in [-0.2, 0) is 17.8 Å². The van der Waals surface area contributed by atoms with E-state index < -0.39 is 6.04 Å². The molecule has 1 atom stereocenters. The van der Waals surface area contributed by atoms with Crippen LogP contribution < -0.4 is 10.1 Å². The molecule has 3 aromatic rings. The van der Waals surface area contributed by atoms with Crippen LogP contribution >= 0.6 is 0 Å². The molecule has 0 aliphatic carbocycles. The topological polar surface area (TPSA) is 75.0 Å². The number of fused-ring (bicyclic) bond motifs is 1. The van der Waals surface area contributed by atoms with E-state index in [0.717, 1.165) is 29.7 Å². The zero-order chi connectivity index (χ0) is 27.2. The highest BCUT2D eigenvalue weighted by Gasteiger charge is 2.32. The highest BCUT2D eigenvalue weighted by atomic mass is 19.1. The van der Waals surface area contributed by atoms with Gasteiger partial charge in [0.15, 0.2) is 5.76 Å². The van der Waals surface area contributed by atoms with Crippen molar-refractivity contribution in [3.63, 3.8) is 0 Å².